The fourth-order valence-corrected chi connectivity index (χ4v) is 5.27. The topological polar surface area (TPSA) is 98.8 Å². The third-order valence-electron chi connectivity index (χ3n) is 6.89. The average molecular weight is 412 g/mol. The van der Waals surface area contributed by atoms with Crippen LogP contribution in [0.15, 0.2) is 54.9 Å². The maximum Gasteiger partial charge on any atom is 0.228 e. The number of aromatic nitrogens is 3. The maximum absolute atomic E-state index is 12.8. The SMILES string of the molecule is CC1C(=O)C(C(N)=O)CC2c3nc(-c4ccncc4)nc(-c4ccccc4)c3CCC12. The van der Waals surface area contributed by atoms with Crippen LogP contribution in [0.4, 0.5) is 0 Å². The first kappa shape index (κ1) is 19.5. The van der Waals surface area contributed by atoms with E-state index < -0.39 is 11.8 Å². The van der Waals surface area contributed by atoms with Crippen LogP contribution in [0.25, 0.3) is 22.6 Å². The van der Waals surface area contributed by atoms with Gasteiger partial charge in [-0.3, -0.25) is 14.6 Å². The van der Waals surface area contributed by atoms with Crippen LogP contribution >= 0.6 is 0 Å². The molecule has 1 saturated carbocycles. The molecule has 0 aliphatic heterocycles. The second-order valence-corrected chi connectivity index (χ2v) is 8.55. The number of pyridine rings is 1. The number of rotatable bonds is 3. The normalized spacial score (nSPS) is 24.9. The minimum atomic E-state index is -0.748. The van der Waals surface area contributed by atoms with Crippen LogP contribution in [-0.2, 0) is 16.0 Å². The molecule has 1 aromatic carbocycles. The Balaban J connectivity index is 1.70. The van der Waals surface area contributed by atoms with Gasteiger partial charge in [-0.25, -0.2) is 9.97 Å². The van der Waals surface area contributed by atoms with Gasteiger partial charge in [0.1, 0.15) is 5.78 Å². The zero-order valence-electron chi connectivity index (χ0n) is 17.4. The van der Waals surface area contributed by atoms with Crippen LogP contribution in [0.5, 0.6) is 0 Å². The zero-order chi connectivity index (χ0) is 21.5. The quantitative estimate of drug-likeness (QED) is 0.663. The summed E-state index contributed by atoms with van der Waals surface area (Å²) in [6, 6.07) is 13.9. The summed E-state index contributed by atoms with van der Waals surface area (Å²) in [7, 11) is 0. The van der Waals surface area contributed by atoms with Gasteiger partial charge in [-0.15, -0.1) is 0 Å². The molecule has 4 atom stereocenters. The summed E-state index contributed by atoms with van der Waals surface area (Å²) in [5.41, 5.74) is 10.5. The van der Waals surface area contributed by atoms with E-state index >= 15 is 0 Å². The van der Waals surface area contributed by atoms with Crippen LogP contribution in [-0.4, -0.2) is 26.6 Å². The standard InChI is InChI=1S/C25H24N4O2/c1-14-17-7-8-18-21(15-5-3-2-4-6-15)28-25(16-9-11-27-12-10-16)29-22(18)19(17)13-20(23(14)30)24(26)31/h2-6,9-12,14,17,19-20H,7-8,13H2,1H3,(H2,26,31). The molecular formula is C25H24N4O2. The van der Waals surface area contributed by atoms with Gasteiger partial charge in [-0.1, -0.05) is 37.3 Å². The third kappa shape index (κ3) is 3.32. The van der Waals surface area contributed by atoms with Crippen LogP contribution < -0.4 is 5.73 Å². The van der Waals surface area contributed by atoms with E-state index in [-0.39, 0.29) is 23.5 Å². The summed E-state index contributed by atoms with van der Waals surface area (Å²) < 4.78 is 0. The lowest BCUT2D eigenvalue weighted by Gasteiger charge is -2.42. The molecule has 0 bridgehead atoms. The number of Topliss-reactive ketones (excluding diaryl/α,β-unsaturated/α-hetero) is 1. The van der Waals surface area contributed by atoms with E-state index in [0.29, 0.717) is 12.2 Å². The molecular weight excluding hydrogens is 388 g/mol. The van der Waals surface area contributed by atoms with Crippen LogP contribution in [0.3, 0.4) is 0 Å². The Morgan fingerprint density at radius 3 is 2.48 bits per heavy atom. The molecule has 6 heteroatoms. The van der Waals surface area contributed by atoms with E-state index in [4.69, 9.17) is 15.7 Å². The lowest BCUT2D eigenvalue weighted by Crippen LogP contribution is -2.45. The van der Waals surface area contributed by atoms with E-state index in [1.807, 2.05) is 37.3 Å². The van der Waals surface area contributed by atoms with Gasteiger partial charge in [0.2, 0.25) is 5.91 Å². The summed E-state index contributed by atoms with van der Waals surface area (Å²) in [6.07, 6.45) is 5.59. The van der Waals surface area contributed by atoms with E-state index in [1.54, 1.807) is 12.4 Å². The average Bonchev–Trinajstić information content (AvgIpc) is 2.81. The Bertz CT molecular complexity index is 1150. The smallest absolute Gasteiger partial charge is 0.228 e. The molecule has 1 amide bonds. The first-order valence-electron chi connectivity index (χ1n) is 10.7. The minimum absolute atomic E-state index is 0.0139. The number of amides is 1. The predicted octanol–water partition coefficient (Wildman–Crippen LogP) is 3.56. The number of primary amides is 1. The highest BCUT2D eigenvalue weighted by molar-refractivity contribution is 6.02. The zero-order valence-corrected chi connectivity index (χ0v) is 17.4. The summed E-state index contributed by atoms with van der Waals surface area (Å²) in [4.78, 5) is 38.9. The third-order valence-corrected chi connectivity index (χ3v) is 6.89. The highest BCUT2D eigenvalue weighted by Crippen LogP contribution is 2.49. The van der Waals surface area contributed by atoms with Crippen molar-refractivity contribution in [1.82, 2.24) is 15.0 Å². The number of carbonyl (C=O) groups excluding carboxylic acids is 2. The highest BCUT2D eigenvalue weighted by atomic mass is 16.2. The van der Waals surface area contributed by atoms with Gasteiger partial charge in [0, 0.05) is 40.9 Å². The number of ketones is 1. The van der Waals surface area contributed by atoms with Gasteiger partial charge in [-0.05, 0) is 37.3 Å². The van der Waals surface area contributed by atoms with Crippen LogP contribution in [0.2, 0.25) is 0 Å². The molecule has 0 saturated heterocycles. The number of nitrogens with zero attached hydrogens (tertiary/aromatic N) is 3. The Labute approximate surface area is 181 Å². The number of benzene rings is 1. The molecule has 2 aliphatic carbocycles. The molecule has 156 valence electrons. The molecule has 1 fully saturated rings. The number of nitrogens with two attached hydrogens (primary N) is 1. The van der Waals surface area contributed by atoms with Gasteiger partial charge < -0.3 is 5.73 Å². The van der Waals surface area contributed by atoms with Gasteiger partial charge in [0.15, 0.2) is 5.82 Å². The summed E-state index contributed by atoms with van der Waals surface area (Å²) >= 11 is 0. The Morgan fingerprint density at radius 1 is 1.03 bits per heavy atom. The van der Waals surface area contributed by atoms with Gasteiger partial charge in [0.05, 0.1) is 17.3 Å². The first-order valence-corrected chi connectivity index (χ1v) is 10.7. The minimum Gasteiger partial charge on any atom is -0.369 e. The van der Waals surface area contributed by atoms with Crippen LogP contribution in [0.1, 0.15) is 36.9 Å². The monoisotopic (exact) mass is 412 g/mol. The molecule has 0 spiro atoms. The van der Waals surface area contributed by atoms with E-state index in [0.717, 1.165) is 40.9 Å². The lowest BCUT2D eigenvalue weighted by molar-refractivity contribution is -0.139. The first-order chi connectivity index (χ1) is 15.0. The van der Waals surface area contributed by atoms with Crippen molar-refractivity contribution in [2.75, 3.05) is 0 Å². The number of hydrogen-bond acceptors (Lipinski definition) is 5. The van der Waals surface area contributed by atoms with E-state index in [2.05, 4.69) is 17.1 Å². The molecule has 0 radical (unpaired) electrons. The Kier molecular flexibility index (Phi) is 4.85. The molecule has 5 rings (SSSR count). The highest BCUT2D eigenvalue weighted by Gasteiger charge is 2.47. The van der Waals surface area contributed by atoms with Crippen molar-refractivity contribution in [2.24, 2.45) is 23.5 Å². The molecule has 4 unspecified atom stereocenters. The molecule has 2 aromatic heterocycles. The second-order valence-electron chi connectivity index (χ2n) is 8.55. The van der Waals surface area contributed by atoms with Crippen molar-refractivity contribution in [3.05, 3.63) is 66.1 Å². The van der Waals surface area contributed by atoms with Crippen molar-refractivity contribution >= 4 is 11.7 Å². The summed E-state index contributed by atoms with van der Waals surface area (Å²) in [6.45, 7) is 1.93. The molecule has 6 nitrogen and oxygen atoms in total. The van der Waals surface area contributed by atoms with Crippen molar-refractivity contribution < 1.29 is 9.59 Å². The van der Waals surface area contributed by atoms with Crippen molar-refractivity contribution in [2.45, 2.75) is 32.1 Å². The van der Waals surface area contributed by atoms with Crippen molar-refractivity contribution in [3.8, 4) is 22.6 Å². The van der Waals surface area contributed by atoms with Crippen LogP contribution in [0, 0.1) is 17.8 Å². The van der Waals surface area contributed by atoms with Crippen molar-refractivity contribution in [1.29, 1.82) is 0 Å². The Morgan fingerprint density at radius 2 is 1.77 bits per heavy atom. The fraction of sp³-hybridized carbons (Fsp3) is 0.320. The fourth-order valence-electron chi connectivity index (χ4n) is 5.27. The second kappa shape index (κ2) is 7.69. The molecule has 2 heterocycles. The number of hydrogen-bond donors (Lipinski definition) is 1. The largest absolute Gasteiger partial charge is 0.369 e. The predicted molar refractivity (Wildman–Crippen MR) is 117 cm³/mol. The molecule has 31 heavy (non-hydrogen) atoms. The van der Waals surface area contributed by atoms with Crippen molar-refractivity contribution in [3.63, 3.8) is 0 Å². The Hall–Kier alpha value is -3.41. The van der Waals surface area contributed by atoms with Gasteiger partial charge in [0.25, 0.3) is 0 Å². The maximum atomic E-state index is 12.8. The summed E-state index contributed by atoms with van der Waals surface area (Å²) in [5.74, 6) is -0.691. The van der Waals surface area contributed by atoms with Gasteiger partial charge in [-0.2, -0.15) is 0 Å². The molecule has 2 aliphatic rings. The van der Waals surface area contributed by atoms with Gasteiger partial charge >= 0.3 is 0 Å². The summed E-state index contributed by atoms with van der Waals surface area (Å²) in [5, 5.41) is 0. The molecule has 3 aromatic rings. The van der Waals surface area contributed by atoms with E-state index in [1.165, 1.54) is 0 Å². The number of carbonyl (C=O) groups is 2. The number of fused-ring (bicyclic) bond motifs is 3. The molecule has 2 N–H and O–H groups in total. The van der Waals surface area contributed by atoms with E-state index in [9.17, 15) is 9.59 Å². The lowest BCUT2D eigenvalue weighted by atomic mass is 9.61.